The van der Waals surface area contributed by atoms with E-state index in [-0.39, 0.29) is 12.5 Å². The molecule has 5 nitrogen and oxygen atoms in total. The van der Waals surface area contributed by atoms with E-state index in [1.54, 1.807) is 0 Å². The molecule has 5 heteroatoms. The molecule has 1 aromatic carbocycles. The Morgan fingerprint density at radius 2 is 1.90 bits per heavy atom. The van der Waals surface area contributed by atoms with Gasteiger partial charge in [-0.1, -0.05) is 50.6 Å². The van der Waals surface area contributed by atoms with Crippen LogP contribution >= 0.6 is 0 Å². The maximum atomic E-state index is 12.1. The van der Waals surface area contributed by atoms with Crippen LogP contribution in [-0.2, 0) is 20.9 Å². The number of esters is 1. The summed E-state index contributed by atoms with van der Waals surface area (Å²) in [5, 5.41) is 9.04. The molecule has 21 heavy (non-hydrogen) atoms. The number of carbonyl (C=O) groups excluding carboxylic acids is 1. The minimum absolute atomic E-state index is 0.128. The van der Waals surface area contributed by atoms with E-state index in [0.717, 1.165) is 12.0 Å². The van der Waals surface area contributed by atoms with Gasteiger partial charge in [0.25, 0.3) is 0 Å². The lowest BCUT2D eigenvalue weighted by atomic mass is 9.89. The van der Waals surface area contributed by atoms with E-state index in [4.69, 9.17) is 15.6 Å². The number of carboxylic acid groups (broad SMARTS) is 1. The molecule has 0 radical (unpaired) electrons. The van der Waals surface area contributed by atoms with Crippen molar-refractivity contribution in [3.63, 3.8) is 0 Å². The molecule has 3 atom stereocenters. The summed E-state index contributed by atoms with van der Waals surface area (Å²) in [5.41, 5.74) is 6.49. The summed E-state index contributed by atoms with van der Waals surface area (Å²) in [6.07, 6.45) is 1.27. The molecule has 1 aromatic rings. The van der Waals surface area contributed by atoms with Gasteiger partial charge in [-0.25, -0.2) is 0 Å². The van der Waals surface area contributed by atoms with E-state index in [0.29, 0.717) is 6.42 Å². The van der Waals surface area contributed by atoms with Crippen molar-refractivity contribution in [3.8, 4) is 0 Å². The van der Waals surface area contributed by atoms with E-state index in [2.05, 4.69) is 0 Å². The molecule has 0 saturated carbocycles. The predicted molar refractivity (Wildman–Crippen MR) is 79.4 cm³/mol. The molecule has 0 fully saturated rings. The Kier molecular flexibility index (Phi) is 6.88. The SMILES string of the molecule is CC[C@@H](C)C[C@H](C(=O)OCc1ccccc1)C(N)C(=O)O. The number of benzene rings is 1. The lowest BCUT2D eigenvalue weighted by Crippen LogP contribution is -2.43. The zero-order valence-corrected chi connectivity index (χ0v) is 12.5. The van der Waals surface area contributed by atoms with Crippen molar-refractivity contribution in [1.82, 2.24) is 0 Å². The maximum Gasteiger partial charge on any atom is 0.321 e. The molecule has 0 heterocycles. The van der Waals surface area contributed by atoms with Crippen LogP contribution in [0.2, 0.25) is 0 Å². The van der Waals surface area contributed by atoms with Crippen molar-refractivity contribution in [2.75, 3.05) is 0 Å². The first-order valence-corrected chi connectivity index (χ1v) is 7.14. The van der Waals surface area contributed by atoms with E-state index in [1.807, 2.05) is 44.2 Å². The molecule has 0 aliphatic heterocycles. The average Bonchev–Trinajstić information content (AvgIpc) is 2.50. The van der Waals surface area contributed by atoms with Gasteiger partial charge < -0.3 is 15.6 Å². The van der Waals surface area contributed by atoms with Crippen molar-refractivity contribution < 1.29 is 19.4 Å². The van der Waals surface area contributed by atoms with Crippen molar-refractivity contribution in [2.45, 2.75) is 39.3 Å². The normalized spacial score (nSPS) is 15.0. The molecule has 3 N–H and O–H groups in total. The van der Waals surface area contributed by atoms with Gasteiger partial charge in [0.15, 0.2) is 0 Å². The number of carbonyl (C=O) groups is 2. The van der Waals surface area contributed by atoms with Gasteiger partial charge in [0.05, 0.1) is 5.92 Å². The van der Waals surface area contributed by atoms with Gasteiger partial charge in [0.1, 0.15) is 12.6 Å². The quantitative estimate of drug-likeness (QED) is 0.717. The van der Waals surface area contributed by atoms with Gasteiger partial charge >= 0.3 is 11.9 Å². The summed E-state index contributed by atoms with van der Waals surface area (Å²) in [6.45, 7) is 4.08. The van der Waals surface area contributed by atoms with Crippen molar-refractivity contribution in [2.24, 2.45) is 17.6 Å². The zero-order chi connectivity index (χ0) is 15.8. The second kappa shape index (κ2) is 8.42. The summed E-state index contributed by atoms with van der Waals surface area (Å²) in [4.78, 5) is 23.2. The molecule has 1 unspecified atom stereocenters. The third kappa shape index (κ3) is 5.55. The zero-order valence-electron chi connectivity index (χ0n) is 12.5. The molecule has 0 saturated heterocycles. The van der Waals surface area contributed by atoms with Crippen LogP contribution in [0.5, 0.6) is 0 Å². The Balaban J connectivity index is 2.68. The summed E-state index contributed by atoms with van der Waals surface area (Å²) < 4.78 is 5.22. The second-order valence-electron chi connectivity index (χ2n) is 5.31. The van der Waals surface area contributed by atoms with Gasteiger partial charge in [-0.15, -0.1) is 0 Å². The summed E-state index contributed by atoms with van der Waals surface area (Å²) in [6, 6.07) is 8.02. The summed E-state index contributed by atoms with van der Waals surface area (Å²) >= 11 is 0. The van der Waals surface area contributed by atoms with E-state index in [9.17, 15) is 9.59 Å². The van der Waals surface area contributed by atoms with E-state index in [1.165, 1.54) is 0 Å². The van der Waals surface area contributed by atoms with Crippen LogP contribution in [0.1, 0.15) is 32.3 Å². The summed E-state index contributed by atoms with van der Waals surface area (Å²) in [5.74, 6) is -2.33. The Morgan fingerprint density at radius 1 is 1.29 bits per heavy atom. The molecule has 0 aliphatic rings. The molecule has 0 aliphatic carbocycles. The summed E-state index contributed by atoms with van der Waals surface area (Å²) in [7, 11) is 0. The fourth-order valence-electron chi connectivity index (χ4n) is 2.00. The molecule has 0 amide bonds. The molecule has 0 aromatic heterocycles. The first-order chi connectivity index (χ1) is 9.95. The minimum atomic E-state index is -1.23. The molecular formula is C16H23NO4. The maximum absolute atomic E-state index is 12.1. The van der Waals surface area contributed by atoms with Crippen LogP contribution in [0.25, 0.3) is 0 Å². The highest BCUT2D eigenvalue weighted by atomic mass is 16.5. The lowest BCUT2D eigenvalue weighted by molar-refractivity contribution is -0.156. The fourth-order valence-corrected chi connectivity index (χ4v) is 2.00. The molecular weight excluding hydrogens is 270 g/mol. The smallest absolute Gasteiger partial charge is 0.321 e. The highest BCUT2D eigenvalue weighted by Gasteiger charge is 2.33. The van der Waals surface area contributed by atoms with E-state index < -0.39 is 23.9 Å². The monoisotopic (exact) mass is 293 g/mol. The Labute approximate surface area is 125 Å². The van der Waals surface area contributed by atoms with Crippen molar-refractivity contribution in [3.05, 3.63) is 35.9 Å². The van der Waals surface area contributed by atoms with Gasteiger partial charge in [-0.2, -0.15) is 0 Å². The average molecular weight is 293 g/mol. The van der Waals surface area contributed by atoms with Gasteiger partial charge in [0, 0.05) is 0 Å². The number of carboxylic acids is 1. The highest BCUT2D eigenvalue weighted by Crippen LogP contribution is 2.20. The van der Waals surface area contributed by atoms with Crippen LogP contribution < -0.4 is 5.73 Å². The second-order valence-corrected chi connectivity index (χ2v) is 5.31. The van der Waals surface area contributed by atoms with Gasteiger partial charge in [0.2, 0.25) is 0 Å². The highest BCUT2D eigenvalue weighted by molar-refractivity contribution is 5.83. The van der Waals surface area contributed by atoms with E-state index >= 15 is 0 Å². The number of rotatable bonds is 8. The van der Waals surface area contributed by atoms with Gasteiger partial charge in [-0.05, 0) is 17.9 Å². The third-order valence-electron chi connectivity index (χ3n) is 3.60. The van der Waals surface area contributed by atoms with Crippen LogP contribution in [0.15, 0.2) is 30.3 Å². The number of hydrogen-bond donors (Lipinski definition) is 2. The number of ether oxygens (including phenoxy) is 1. The van der Waals surface area contributed by atoms with Crippen molar-refractivity contribution in [1.29, 1.82) is 0 Å². The number of nitrogens with two attached hydrogens (primary N) is 1. The van der Waals surface area contributed by atoms with Gasteiger partial charge in [-0.3, -0.25) is 9.59 Å². The fraction of sp³-hybridized carbons (Fsp3) is 0.500. The molecule has 1 rings (SSSR count). The Morgan fingerprint density at radius 3 is 2.43 bits per heavy atom. The number of aliphatic carboxylic acids is 1. The molecule has 0 spiro atoms. The lowest BCUT2D eigenvalue weighted by Gasteiger charge is -2.22. The standard InChI is InChI=1S/C16H23NO4/c1-3-11(2)9-13(14(17)15(18)19)16(20)21-10-12-7-5-4-6-8-12/h4-8,11,13-14H,3,9-10,17H2,1-2H3,(H,18,19)/t11-,13+,14?/m1/s1. The van der Waals surface area contributed by atoms with Crippen LogP contribution in [-0.4, -0.2) is 23.1 Å². The topological polar surface area (TPSA) is 89.6 Å². The van der Waals surface area contributed by atoms with Crippen molar-refractivity contribution >= 4 is 11.9 Å². The first kappa shape index (κ1) is 17.2. The van der Waals surface area contributed by atoms with Crippen LogP contribution in [0.4, 0.5) is 0 Å². The Hall–Kier alpha value is -1.88. The third-order valence-corrected chi connectivity index (χ3v) is 3.60. The molecule has 116 valence electrons. The first-order valence-electron chi connectivity index (χ1n) is 7.14. The predicted octanol–water partition coefficient (Wildman–Crippen LogP) is 2.19. The Bertz CT molecular complexity index is 461. The largest absolute Gasteiger partial charge is 0.480 e. The van der Waals surface area contributed by atoms with Crippen LogP contribution in [0, 0.1) is 11.8 Å². The number of hydrogen-bond acceptors (Lipinski definition) is 4. The van der Waals surface area contributed by atoms with Crippen LogP contribution in [0.3, 0.4) is 0 Å². The minimum Gasteiger partial charge on any atom is -0.480 e. The molecule has 0 bridgehead atoms.